The fraction of sp³-hybridized carbons (Fsp3) is 0.222. The molecule has 0 saturated heterocycles. The first-order valence-corrected chi connectivity index (χ1v) is 4.75. The maximum Gasteiger partial charge on any atom is 0.196 e. The monoisotopic (exact) mass is 277 g/mol. The van der Waals surface area contributed by atoms with E-state index >= 15 is 0 Å². The maximum atomic E-state index is 13.6. The Hall–Kier alpha value is -1.30. The quantitative estimate of drug-likeness (QED) is 0.685. The molecule has 1 heterocycles. The number of phenolic OH excluding ortho intramolecular Hbond substituents is 1. The number of hydrogen-bond acceptors (Lipinski definition) is 4. The number of hydrogen-bond donors (Lipinski definition) is 3. The number of aromatic hydroxyl groups is 1. The standard InChI is InChI=1S/C9H9BrFN3O/c10-6-3-5(15)4-7(11)8(6)14-9-12-1-2-13-9/h3-4,15H,1-2H2,(H2,12,13,14)/i1D2,2D2. The van der Waals surface area contributed by atoms with Crippen LogP contribution in [0.4, 0.5) is 10.1 Å². The first-order valence-electron chi connectivity index (χ1n) is 5.95. The second-order valence-electron chi connectivity index (χ2n) is 2.73. The third-order valence-corrected chi connectivity index (χ3v) is 2.30. The molecule has 0 unspecified atom stereocenters. The number of nitrogens with zero attached hydrogens (tertiary/aromatic N) is 1. The minimum Gasteiger partial charge on any atom is -0.508 e. The third-order valence-electron chi connectivity index (χ3n) is 1.67. The lowest BCUT2D eigenvalue weighted by atomic mass is 10.3. The number of rotatable bonds is 1. The number of nitrogens with one attached hydrogen (secondary N) is 2. The molecule has 0 radical (unpaired) electrons. The van der Waals surface area contributed by atoms with E-state index in [2.05, 4.69) is 31.6 Å². The van der Waals surface area contributed by atoms with Gasteiger partial charge in [0.25, 0.3) is 0 Å². The van der Waals surface area contributed by atoms with Crippen LogP contribution in [0.25, 0.3) is 0 Å². The van der Waals surface area contributed by atoms with Crippen LogP contribution in [0, 0.1) is 5.82 Å². The van der Waals surface area contributed by atoms with Crippen molar-refractivity contribution < 1.29 is 15.0 Å². The molecule has 1 aromatic rings. The summed E-state index contributed by atoms with van der Waals surface area (Å²) >= 11 is 3.03. The second-order valence-corrected chi connectivity index (χ2v) is 3.59. The van der Waals surface area contributed by atoms with Crippen LogP contribution in [-0.2, 0) is 0 Å². The van der Waals surface area contributed by atoms with E-state index in [0.29, 0.717) is 0 Å². The molecular formula is C9H9BrFN3O. The van der Waals surface area contributed by atoms with Crippen LogP contribution in [0.1, 0.15) is 5.48 Å². The molecule has 15 heavy (non-hydrogen) atoms. The smallest absolute Gasteiger partial charge is 0.196 e. The zero-order valence-electron chi connectivity index (χ0n) is 11.3. The zero-order chi connectivity index (χ0) is 14.4. The van der Waals surface area contributed by atoms with Crippen molar-refractivity contribution >= 4 is 27.6 Å². The van der Waals surface area contributed by atoms with Gasteiger partial charge in [0, 0.05) is 17.0 Å². The molecule has 3 N–H and O–H groups in total. The highest BCUT2D eigenvalue weighted by Gasteiger charge is 2.12. The highest BCUT2D eigenvalue weighted by atomic mass is 79.9. The maximum absolute atomic E-state index is 13.6. The number of guanidine groups is 1. The van der Waals surface area contributed by atoms with Crippen LogP contribution in [-0.4, -0.2) is 24.1 Å². The van der Waals surface area contributed by atoms with E-state index in [1.807, 2.05) is 0 Å². The number of phenols is 1. The van der Waals surface area contributed by atoms with Crippen molar-refractivity contribution in [2.24, 2.45) is 4.99 Å². The Balaban J connectivity index is 2.30. The summed E-state index contributed by atoms with van der Waals surface area (Å²) in [7, 11) is 0. The molecule has 0 saturated carbocycles. The van der Waals surface area contributed by atoms with Gasteiger partial charge in [0.1, 0.15) is 5.75 Å². The molecule has 1 aromatic carbocycles. The second kappa shape index (κ2) is 4.06. The van der Waals surface area contributed by atoms with Gasteiger partial charge >= 0.3 is 0 Å². The molecule has 0 amide bonds. The van der Waals surface area contributed by atoms with E-state index in [-0.39, 0.29) is 21.9 Å². The molecule has 4 nitrogen and oxygen atoms in total. The summed E-state index contributed by atoms with van der Waals surface area (Å²) in [6.45, 7) is -4.86. The van der Waals surface area contributed by atoms with E-state index in [1.165, 1.54) is 6.07 Å². The Kier molecular flexibility index (Phi) is 1.71. The van der Waals surface area contributed by atoms with Gasteiger partial charge < -0.3 is 15.7 Å². The molecule has 0 spiro atoms. The number of benzene rings is 1. The lowest BCUT2D eigenvalue weighted by molar-refractivity contribution is 0.469. The molecule has 0 aliphatic carbocycles. The number of aliphatic imine (C=N–C) groups is 1. The molecule has 2 rings (SSSR count). The Labute approximate surface area is 100.0 Å². The molecule has 1 aliphatic rings. The van der Waals surface area contributed by atoms with Crippen LogP contribution in [0.5, 0.6) is 5.75 Å². The van der Waals surface area contributed by atoms with Crippen LogP contribution in [0.15, 0.2) is 21.6 Å². The Bertz CT molecular complexity index is 543. The van der Waals surface area contributed by atoms with E-state index in [9.17, 15) is 9.50 Å². The summed E-state index contributed by atoms with van der Waals surface area (Å²) in [5, 5.41) is 13.8. The van der Waals surface area contributed by atoms with E-state index < -0.39 is 18.8 Å². The van der Waals surface area contributed by atoms with Crippen molar-refractivity contribution in [3.05, 3.63) is 22.4 Å². The van der Waals surface area contributed by atoms with Crippen molar-refractivity contribution in [3.8, 4) is 5.75 Å². The van der Waals surface area contributed by atoms with Gasteiger partial charge in [-0.1, -0.05) is 0 Å². The van der Waals surface area contributed by atoms with Crippen molar-refractivity contribution in [3.63, 3.8) is 0 Å². The Morgan fingerprint density at radius 2 is 2.47 bits per heavy atom. The van der Waals surface area contributed by atoms with Gasteiger partial charge in [-0.25, -0.2) is 4.39 Å². The highest BCUT2D eigenvalue weighted by Crippen LogP contribution is 2.29. The zero-order valence-corrected chi connectivity index (χ0v) is 8.89. The molecule has 0 aromatic heterocycles. The number of halogens is 2. The first kappa shape index (κ1) is 6.32. The van der Waals surface area contributed by atoms with Gasteiger partial charge in [-0.3, -0.25) is 4.99 Å². The minimum atomic E-state index is -2.46. The average molecular weight is 278 g/mol. The SMILES string of the molecule is [2H]C1([2H])N=C(Nc2c(F)cc(O)cc2Br)NC1([2H])[2H]. The topological polar surface area (TPSA) is 56.7 Å². The van der Waals surface area contributed by atoms with Gasteiger partial charge in [0.15, 0.2) is 11.8 Å². The number of anilines is 1. The first-order chi connectivity index (χ1) is 8.62. The molecule has 0 fully saturated rings. The molecule has 80 valence electrons. The summed E-state index contributed by atoms with van der Waals surface area (Å²) in [4.78, 5) is 3.48. The molecule has 0 atom stereocenters. The van der Waals surface area contributed by atoms with Gasteiger partial charge in [-0.05, 0) is 22.0 Å². The van der Waals surface area contributed by atoms with Crippen LogP contribution in [0.3, 0.4) is 0 Å². The van der Waals surface area contributed by atoms with Gasteiger partial charge in [0.2, 0.25) is 0 Å². The summed E-state index contributed by atoms with van der Waals surface area (Å²) in [5.41, 5.74) is -0.0856. The van der Waals surface area contributed by atoms with Crippen molar-refractivity contribution in [2.45, 2.75) is 0 Å². The molecule has 6 heteroatoms. The molecular weight excluding hydrogens is 265 g/mol. The fourth-order valence-corrected chi connectivity index (χ4v) is 1.58. The van der Waals surface area contributed by atoms with Crippen LogP contribution >= 0.6 is 15.9 Å². The lowest BCUT2D eigenvalue weighted by Gasteiger charge is -2.10. The Morgan fingerprint density at radius 3 is 3.07 bits per heavy atom. The fourth-order valence-electron chi connectivity index (χ4n) is 1.06. The van der Waals surface area contributed by atoms with E-state index in [1.54, 1.807) is 0 Å². The van der Waals surface area contributed by atoms with E-state index in [0.717, 1.165) is 6.07 Å². The normalized spacial score (nSPS) is 25.3. The summed E-state index contributed by atoms with van der Waals surface area (Å²) in [5.74, 6) is -1.30. The predicted octanol–water partition coefficient (Wildman–Crippen LogP) is 1.66. The largest absolute Gasteiger partial charge is 0.508 e. The summed E-state index contributed by atoms with van der Waals surface area (Å²) in [6, 6.07) is 2.11. The van der Waals surface area contributed by atoms with Crippen molar-refractivity contribution in [1.29, 1.82) is 0 Å². The van der Waals surface area contributed by atoms with Crippen LogP contribution < -0.4 is 10.6 Å². The Morgan fingerprint density at radius 1 is 1.67 bits per heavy atom. The molecule has 0 bridgehead atoms. The van der Waals surface area contributed by atoms with Gasteiger partial charge in [-0.15, -0.1) is 0 Å². The summed E-state index contributed by atoms with van der Waals surface area (Å²) < 4.78 is 43.4. The van der Waals surface area contributed by atoms with Crippen LogP contribution in [0.2, 0.25) is 0 Å². The van der Waals surface area contributed by atoms with Gasteiger partial charge in [0.05, 0.1) is 17.7 Å². The molecule has 1 aliphatic heterocycles. The summed E-state index contributed by atoms with van der Waals surface area (Å²) in [6.07, 6.45) is 0. The average Bonchev–Trinajstić information content (AvgIpc) is 2.41. The van der Waals surface area contributed by atoms with Crippen molar-refractivity contribution in [1.82, 2.24) is 5.32 Å². The van der Waals surface area contributed by atoms with E-state index in [4.69, 9.17) is 5.48 Å². The third kappa shape index (κ3) is 2.20. The van der Waals surface area contributed by atoms with Crippen molar-refractivity contribution in [2.75, 3.05) is 18.3 Å². The van der Waals surface area contributed by atoms with Gasteiger partial charge in [-0.2, -0.15) is 0 Å². The highest BCUT2D eigenvalue weighted by molar-refractivity contribution is 9.10. The lowest BCUT2D eigenvalue weighted by Crippen LogP contribution is -2.26. The predicted molar refractivity (Wildman–Crippen MR) is 59.7 cm³/mol. The minimum absolute atomic E-state index is 0.0856.